The molecule has 6 heteroatoms. The van der Waals surface area contributed by atoms with Gasteiger partial charge in [-0.25, -0.2) is 4.68 Å². The van der Waals surface area contributed by atoms with Crippen molar-refractivity contribution in [2.24, 2.45) is 5.92 Å². The summed E-state index contributed by atoms with van der Waals surface area (Å²) in [6.45, 7) is 6.30. The fourth-order valence-corrected chi connectivity index (χ4v) is 2.02. The van der Waals surface area contributed by atoms with E-state index in [9.17, 15) is 9.90 Å². The molecule has 1 unspecified atom stereocenters. The maximum absolute atomic E-state index is 12.0. The number of hydrogen-bond acceptors (Lipinski definition) is 4. The molecule has 0 spiro atoms. The van der Waals surface area contributed by atoms with Gasteiger partial charge in [-0.2, -0.15) is 0 Å². The number of nitrogens with zero attached hydrogens (tertiary/aromatic N) is 3. The van der Waals surface area contributed by atoms with Gasteiger partial charge < -0.3 is 10.4 Å². The summed E-state index contributed by atoms with van der Waals surface area (Å²) in [5, 5.41) is 20.3. The summed E-state index contributed by atoms with van der Waals surface area (Å²) in [5.74, 6) is -0.103. The molecule has 0 aliphatic carbocycles. The second-order valence-electron chi connectivity index (χ2n) is 5.74. The summed E-state index contributed by atoms with van der Waals surface area (Å²) in [5.41, 5.74) is 2.24. The molecule has 1 amide bonds. The van der Waals surface area contributed by atoms with Crippen LogP contribution < -0.4 is 5.32 Å². The molecule has 118 valence electrons. The Bertz CT molecular complexity index is 637. The highest BCUT2D eigenvalue weighted by Gasteiger charge is 2.13. The number of carbonyl (C=O) groups is 1. The largest absolute Gasteiger partial charge is 0.393 e. The van der Waals surface area contributed by atoms with E-state index in [1.807, 2.05) is 45.0 Å². The first kappa shape index (κ1) is 16.2. The lowest BCUT2D eigenvalue weighted by Crippen LogP contribution is -2.28. The fraction of sp³-hybridized carbons (Fsp3) is 0.438. The lowest BCUT2D eigenvalue weighted by Gasteiger charge is -2.13. The van der Waals surface area contributed by atoms with Crippen LogP contribution in [0, 0.1) is 12.8 Å². The van der Waals surface area contributed by atoms with Gasteiger partial charge >= 0.3 is 0 Å². The maximum atomic E-state index is 12.0. The number of carbonyl (C=O) groups excluding carboxylic acids is 1. The van der Waals surface area contributed by atoms with E-state index in [1.165, 1.54) is 0 Å². The maximum Gasteiger partial charge on any atom is 0.273 e. The SMILES string of the molecule is Cc1cccc(-n2cc(C(=O)NCCC(O)C(C)C)nn2)c1. The van der Waals surface area contributed by atoms with Crippen molar-refractivity contribution in [1.82, 2.24) is 20.3 Å². The highest BCUT2D eigenvalue weighted by Crippen LogP contribution is 2.09. The van der Waals surface area contributed by atoms with Gasteiger partial charge in [-0.15, -0.1) is 5.10 Å². The first-order chi connectivity index (χ1) is 10.5. The van der Waals surface area contributed by atoms with Crippen LogP contribution in [0.1, 0.15) is 36.3 Å². The van der Waals surface area contributed by atoms with E-state index in [0.29, 0.717) is 13.0 Å². The highest BCUT2D eigenvalue weighted by molar-refractivity contribution is 5.91. The third-order valence-electron chi connectivity index (χ3n) is 3.49. The summed E-state index contributed by atoms with van der Waals surface area (Å²) in [6, 6.07) is 7.80. The smallest absolute Gasteiger partial charge is 0.273 e. The van der Waals surface area contributed by atoms with Crippen molar-refractivity contribution in [2.45, 2.75) is 33.3 Å². The van der Waals surface area contributed by atoms with E-state index < -0.39 is 6.10 Å². The first-order valence-corrected chi connectivity index (χ1v) is 7.43. The average molecular weight is 302 g/mol. The van der Waals surface area contributed by atoms with E-state index in [2.05, 4.69) is 15.6 Å². The highest BCUT2D eigenvalue weighted by atomic mass is 16.3. The number of rotatable bonds is 6. The molecule has 2 N–H and O–H groups in total. The van der Waals surface area contributed by atoms with Gasteiger partial charge in [0.2, 0.25) is 0 Å². The predicted octanol–water partition coefficient (Wildman–Crippen LogP) is 1.71. The quantitative estimate of drug-likeness (QED) is 0.851. The number of aliphatic hydroxyl groups is 1. The summed E-state index contributed by atoms with van der Waals surface area (Å²) in [6.07, 6.45) is 1.71. The number of aryl methyl sites for hydroxylation is 1. The zero-order valence-electron chi connectivity index (χ0n) is 13.2. The third kappa shape index (κ3) is 4.14. The molecule has 0 bridgehead atoms. The molecule has 1 heterocycles. The summed E-state index contributed by atoms with van der Waals surface area (Å²) in [4.78, 5) is 12.0. The van der Waals surface area contributed by atoms with E-state index in [1.54, 1.807) is 10.9 Å². The molecular weight excluding hydrogens is 280 g/mol. The van der Waals surface area contributed by atoms with Crippen molar-refractivity contribution in [3.8, 4) is 5.69 Å². The Morgan fingerprint density at radius 1 is 1.41 bits per heavy atom. The Kier molecular flexibility index (Phi) is 5.27. The predicted molar refractivity (Wildman–Crippen MR) is 83.9 cm³/mol. The normalized spacial score (nSPS) is 12.4. The van der Waals surface area contributed by atoms with Gasteiger partial charge in [-0.05, 0) is 37.0 Å². The topological polar surface area (TPSA) is 80.0 Å². The molecule has 0 fully saturated rings. The van der Waals surface area contributed by atoms with Crippen LogP contribution in [0.25, 0.3) is 5.69 Å². The number of hydrogen-bond donors (Lipinski definition) is 2. The van der Waals surface area contributed by atoms with Crippen LogP contribution in [-0.4, -0.2) is 38.7 Å². The Labute approximate surface area is 130 Å². The summed E-state index contributed by atoms with van der Waals surface area (Å²) >= 11 is 0. The number of amides is 1. The van der Waals surface area contributed by atoms with Crippen molar-refractivity contribution in [1.29, 1.82) is 0 Å². The van der Waals surface area contributed by atoms with Gasteiger partial charge in [-0.3, -0.25) is 4.79 Å². The molecular formula is C16H22N4O2. The Balaban J connectivity index is 1.95. The molecule has 2 rings (SSSR count). The molecule has 0 saturated carbocycles. The Morgan fingerprint density at radius 3 is 2.86 bits per heavy atom. The molecule has 1 aromatic carbocycles. The van der Waals surface area contributed by atoms with Crippen molar-refractivity contribution in [2.75, 3.05) is 6.54 Å². The fourth-order valence-electron chi connectivity index (χ4n) is 2.02. The first-order valence-electron chi connectivity index (χ1n) is 7.43. The standard InChI is InChI=1S/C16H22N4O2/c1-11(2)15(21)7-8-17-16(22)14-10-20(19-18-14)13-6-4-5-12(3)9-13/h4-6,9-11,15,21H,7-8H2,1-3H3,(H,17,22). The molecule has 22 heavy (non-hydrogen) atoms. The van der Waals surface area contributed by atoms with Crippen LogP contribution in [0.5, 0.6) is 0 Å². The van der Waals surface area contributed by atoms with E-state index in [0.717, 1.165) is 11.3 Å². The van der Waals surface area contributed by atoms with Gasteiger partial charge in [0.05, 0.1) is 18.0 Å². The lowest BCUT2D eigenvalue weighted by atomic mass is 10.0. The molecule has 0 saturated heterocycles. The van der Waals surface area contributed by atoms with Crippen molar-refractivity contribution in [3.05, 3.63) is 41.7 Å². The van der Waals surface area contributed by atoms with E-state index in [4.69, 9.17) is 0 Å². The van der Waals surface area contributed by atoms with Crippen LogP contribution in [0.15, 0.2) is 30.5 Å². The number of aromatic nitrogens is 3. The van der Waals surface area contributed by atoms with Gasteiger partial charge in [0.1, 0.15) is 0 Å². The van der Waals surface area contributed by atoms with Crippen LogP contribution in [0.3, 0.4) is 0 Å². The Morgan fingerprint density at radius 2 is 2.18 bits per heavy atom. The van der Waals surface area contributed by atoms with Gasteiger partial charge in [0, 0.05) is 6.54 Å². The number of benzene rings is 1. The zero-order valence-corrected chi connectivity index (χ0v) is 13.2. The molecule has 2 aromatic rings. The molecule has 1 atom stereocenters. The van der Waals surface area contributed by atoms with Crippen molar-refractivity contribution < 1.29 is 9.90 Å². The van der Waals surface area contributed by atoms with Crippen LogP contribution in [0.2, 0.25) is 0 Å². The average Bonchev–Trinajstić information content (AvgIpc) is 2.96. The van der Waals surface area contributed by atoms with Gasteiger partial charge in [-0.1, -0.05) is 31.2 Å². The molecule has 0 aliphatic rings. The lowest BCUT2D eigenvalue weighted by molar-refractivity contribution is 0.0915. The minimum absolute atomic E-state index is 0.180. The molecule has 0 radical (unpaired) electrons. The number of aliphatic hydroxyl groups excluding tert-OH is 1. The van der Waals surface area contributed by atoms with Crippen LogP contribution in [-0.2, 0) is 0 Å². The zero-order chi connectivity index (χ0) is 16.1. The third-order valence-corrected chi connectivity index (χ3v) is 3.49. The van der Waals surface area contributed by atoms with Gasteiger partial charge in [0.15, 0.2) is 5.69 Å². The van der Waals surface area contributed by atoms with Crippen LogP contribution >= 0.6 is 0 Å². The molecule has 6 nitrogen and oxygen atoms in total. The molecule has 0 aliphatic heterocycles. The Hall–Kier alpha value is -2.21. The van der Waals surface area contributed by atoms with Crippen LogP contribution in [0.4, 0.5) is 0 Å². The van der Waals surface area contributed by atoms with E-state index in [-0.39, 0.29) is 17.5 Å². The van der Waals surface area contributed by atoms with Crippen molar-refractivity contribution in [3.63, 3.8) is 0 Å². The second-order valence-corrected chi connectivity index (χ2v) is 5.74. The molecule has 1 aromatic heterocycles. The minimum atomic E-state index is -0.414. The number of nitrogens with one attached hydrogen (secondary N) is 1. The van der Waals surface area contributed by atoms with E-state index >= 15 is 0 Å². The minimum Gasteiger partial charge on any atom is -0.393 e. The van der Waals surface area contributed by atoms with Crippen molar-refractivity contribution >= 4 is 5.91 Å². The summed E-state index contributed by atoms with van der Waals surface area (Å²) < 4.78 is 1.57. The summed E-state index contributed by atoms with van der Waals surface area (Å²) in [7, 11) is 0. The van der Waals surface area contributed by atoms with Gasteiger partial charge in [0.25, 0.3) is 5.91 Å². The second kappa shape index (κ2) is 7.17. The monoisotopic (exact) mass is 302 g/mol.